The summed E-state index contributed by atoms with van der Waals surface area (Å²) in [5, 5.41) is 7.34. The van der Waals surface area contributed by atoms with Crippen LogP contribution in [0.25, 0.3) is 0 Å². The number of aryl methyl sites for hydroxylation is 1. The van der Waals surface area contributed by atoms with Crippen LogP contribution in [0, 0.1) is 6.92 Å². The number of hydrogen-bond acceptors (Lipinski definition) is 4. The van der Waals surface area contributed by atoms with Gasteiger partial charge in [0.05, 0.1) is 6.04 Å². The van der Waals surface area contributed by atoms with Crippen LogP contribution in [0.3, 0.4) is 0 Å². The number of hydrogen-bond donors (Lipinski definition) is 0. The molecule has 124 valence electrons. The standard InChI is InChI=1S/C14H15F3N4O2/c1-9-7-10(19-23-9)11-3-2-5-21(11)13(22)8-20-6-4-12(18-20)14(15,16)17/h4,6-7,11H,2-3,5,8H2,1H3/t11-/m1/s1. The van der Waals surface area contributed by atoms with Crippen LogP contribution in [-0.4, -0.2) is 32.3 Å². The SMILES string of the molecule is Cc1cc([C@H]2CCCN2C(=O)Cn2ccc(C(F)(F)F)n2)no1. The van der Waals surface area contributed by atoms with Crippen LogP contribution < -0.4 is 0 Å². The molecule has 0 bridgehead atoms. The summed E-state index contributed by atoms with van der Waals surface area (Å²) in [6.45, 7) is 2.08. The highest BCUT2D eigenvalue weighted by Crippen LogP contribution is 2.32. The Bertz CT molecular complexity index is 707. The fourth-order valence-corrected chi connectivity index (χ4v) is 2.75. The maximum atomic E-state index is 12.5. The number of nitrogens with zero attached hydrogens (tertiary/aromatic N) is 4. The van der Waals surface area contributed by atoms with Gasteiger partial charge >= 0.3 is 6.18 Å². The molecule has 3 heterocycles. The molecular formula is C14H15F3N4O2. The Morgan fingerprint density at radius 2 is 2.26 bits per heavy atom. The first-order chi connectivity index (χ1) is 10.8. The van der Waals surface area contributed by atoms with Gasteiger partial charge in [0.15, 0.2) is 5.69 Å². The molecule has 1 saturated heterocycles. The summed E-state index contributed by atoms with van der Waals surface area (Å²) in [7, 11) is 0. The second-order valence-electron chi connectivity index (χ2n) is 5.50. The summed E-state index contributed by atoms with van der Waals surface area (Å²) >= 11 is 0. The smallest absolute Gasteiger partial charge is 0.361 e. The van der Waals surface area contributed by atoms with Crippen molar-refractivity contribution in [3.05, 3.63) is 35.5 Å². The zero-order valence-electron chi connectivity index (χ0n) is 12.4. The summed E-state index contributed by atoms with van der Waals surface area (Å²) in [6, 6.07) is 2.43. The zero-order chi connectivity index (χ0) is 16.6. The molecule has 0 unspecified atom stereocenters. The Morgan fingerprint density at radius 1 is 1.48 bits per heavy atom. The van der Waals surface area contributed by atoms with E-state index in [-0.39, 0.29) is 18.5 Å². The van der Waals surface area contributed by atoms with E-state index >= 15 is 0 Å². The minimum atomic E-state index is -4.51. The molecule has 1 amide bonds. The van der Waals surface area contributed by atoms with Crippen molar-refractivity contribution < 1.29 is 22.5 Å². The Hall–Kier alpha value is -2.32. The van der Waals surface area contributed by atoms with Crippen molar-refractivity contribution >= 4 is 5.91 Å². The van der Waals surface area contributed by atoms with Crippen LogP contribution in [0.5, 0.6) is 0 Å². The summed E-state index contributed by atoms with van der Waals surface area (Å²) in [5.41, 5.74) is -0.333. The first kappa shape index (κ1) is 15.6. The van der Waals surface area contributed by atoms with Crippen LogP contribution >= 0.6 is 0 Å². The van der Waals surface area contributed by atoms with Gasteiger partial charge in [-0.2, -0.15) is 18.3 Å². The van der Waals surface area contributed by atoms with Gasteiger partial charge in [0.2, 0.25) is 5.91 Å². The van der Waals surface area contributed by atoms with Crippen molar-refractivity contribution in [2.45, 2.75) is 38.5 Å². The predicted molar refractivity (Wildman–Crippen MR) is 72.2 cm³/mol. The van der Waals surface area contributed by atoms with Crippen LogP contribution in [0.15, 0.2) is 22.9 Å². The van der Waals surface area contributed by atoms with Crippen LogP contribution in [0.4, 0.5) is 13.2 Å². The molecule has 1 atom stereocenters. The third-order valence-electron chi connectivity index (χ3n) is 3.79. The number of likely N-dealkylation sites (tertiary alicyclic amines) is 1. The highest BCUT2D eigenvalue weighted by molar-refractivity contribution is 5.76. The average Bonchev–Trinajstić information content (AvgIpc) is 3.15. The third kappa shape index (κ3) is 3.22. The van der Waals surface area contributed by atoms with Gasteiger partial charge in [0, 0.05) is 18.8 Å². The summed E-state index contributed by atoms with van der Waals surface area (Å²) in [4.78, 5) is 14.0. The van der Waals surface area contributed by atoms with Gasteiger partial charge < -0.3 is 9.42 Å². The molecule has 1 aliphatic heterocycles. The van der Waals surface area contributed by atoms with E-state index < -0.39 is 11.9 Å². The van der Waals surface area contributed by atoms with Crippen molar-refractivity contribution in [2.75, 3.05) is 6.54 Å². The third-order valence-corrected chi connectivity index (χ3v) is 3.79. The summed E-state index contributed by atoms with van der Waals surface area (Å²) in [6.07, 6.45) is -1.78. The van der Waals surface area contributed by atoms with E-state index in [9.17, 15) is 18.0 Å². The van der Waals surface area contributed by atoms with E-state index in [0.717, 1.165) is 29.8 Å². The van der Waals surface area contributed by atoms with Crippen LogP contribution in [-0.2, 0) is 17.5 Å². The fraction of sp³-hybridized carbons (Fsp3) is 0.500. The first-order valence-corrected chi connectivity index (χ1v) is 7.18. The van der Waals surface area contributed by atoms with Gasteiger partial charge in [-0.05, 0) is 25.8 Å². The van der Waals surface area contributed by atoms with Crippen molar-refractivity contribution in [3.63, 3.8) is 0 Å². The first-order valence-electron chi connectivity index (χ1n) is 7.18. The Balaban J connectivity index is 1.71. The zero-order valence-corrected chi connectivity index (χ0v) is 12.4. The maximum Gasteiger partial charge on any atom is 0.435 e. The number of rotatable bonds is 3. The molecule has 2 aromatic heterocycles. The molecule has 1 fully saturated rings. The minimum Gasteiger partial charge on any atom is -0.361 e. The van der Waals surface area contributed by atoms with E-state index in [4.69, 9.17) is 4.52 Å². The second-order valence-corrected chi connectivity index (χ2v) is 5.50. The quantitative estimate of drug-likeness (QED) is 0.869. The predicted octanol–water partition coefficient (Wildman–Crippen LogP) is 2.56. The van der Waals surface area contributed by atoms with Gasteiger partial charge in [-0.1, -0.05) is 5.16 Å². The lowest BCUT2D eigenvalue weighted by Crippen LogP contribution is -2.33. The summed E-state index contributed by atoms with van der Waals surface area (Å²) in [5.74, 6) is 0.367. The van der Waals surface area contributed by atoms with Gasteiger partial charge in [0.1, 0.15) is 18.0 Å². The highest BCUT2D eigenvalue weighted by Gasteiger charge is 2.35. The molecule has 0 N–H and O–H groups in total. The topological polar surface area (TPSA) is 64.2 Å². The van der Waals surface area contributed by atoms with Gasteiger partial charge in [0.25, 0.3) is 0 Å². The highest BCUT2D eigenvalue weighted by atomic mass is 19.4. The molecule has 0 aliphatic carbocycles. The molecule has 23 heavy (non-hydrogen) atoms. The molecule has 0 spiro atoms. The lowest BCUT2D eigenvalue weighted by atomic mass is 10.1. The summed E-state index contributed by atoms with van der Waals surface area (Å²) < 4.78 is 43.6. The fourth-order valence-electron chi connectivity index (χ4n) is 2.75. The molecule has 0 aromatic carbocycles. The Kier molecular flexibility index (Phi) is 3.87. The molecule has 2 aromatic rings. The maximum absolute atomic E-state index is 12.5. The molecule has 0 radical (unpaired) electrons. The number of alkyl halides is 3. The lowest BCUT2D eigenvalue weighted by Gasteiger charge is -2.22. The average molecular weight is 328 g/mol. The number of halogens is 3. The van der Waals surface area contributed by atoms with E-state index in [1.165, 1.54) is 0 Å². The van der Waals surface area contributed by atoms with Crippen molar-refractivity contribution in [3.8, 4) is 0 Å². The van der Waals surface area contributed by atoms with Gasteiger partial charge in [-0.3, -0.25) is 9.48 Å². The van der Waals surface area contributed by atoms with Crippen LogP contribution in [0.2, 0.25) is 0 Å². The van der Waals surface area contributed by atoms with Gasteiger partial charge in [-0.15, -0.1) is 0 Å². The molecule has 0 saturated carbocycles. The molecule has 1 aliphatic rings. The monoisotopic (exact) mass is 328 g/mol. The molecular weight excluding hydrogens is 313 g/mol. The van der Waals surface area contributed by atoms with E-state index in [0.29, 0.717) is 18.0 Å². The largest absolute Gasteiger partial charge is 0.435 e. The minimum absolute atomic E-state index is 0.197. The number of carbonyl (C=O) groups excluding carboxylic acids is 1. The normalized spacial score (nSPS) is 18.6. The molecule has 6 nitrogen and oxygen atoms in total. The van der Waals surface area contributed by atoms with E-state index in [1.807, 2.05) is 0 Å². The van der Waals surface area contributed by atoms with E-state index in [2.05, 4.69) is 10.3 Å². The lowest BCUT2D eigenvalue weighted by molar-refractivity contribution is -0.142. The number of carbonyl (C=O) groups is 1. The number of amides is 1. The number of aromatic nitrogens is 3. The van der Waals surface area contributed by atoms with Crippen molar-refractivity contribution in [2.24, 2.45) is 0 Å². The Labute approximate surface area is 129 Å². The van der Waals surface area contributed by atoms with Crippen molar-refractivity contribution in [1.29, 1.82) is 0 Å². The second kappa shape index (κ2) is 5.71. The molecule has 9 heteroatoms. The van der Waals surface area contributed by atoms with E-state index in [1.54, 1.807) is 17.9 Å². The molecule has 3 rings (SSSR count). The van der Waals surface area contributed by atoms with Gasteiger partial charge in [-0.25, -0.2) is 0 Å². The van der Waals surface area contributed by atoms with Crippen LogP contribution in [0.1, 0.15) is 36.0 Å². The Morgan fingerprint density at radius 3 is 2.87 bits per heavy atom. The van der Waals surface area contributed by atoms with Crippen molar-refractivity contribution in [1.82, 2.24) is 19.8 Å².